The first-order chi connectivity index (χ1) is 9.24. The standard InChI is InChI=1S/C15H18N2O2/c18-11-6-5-10(7-11)8-17-15(19)13-9-16-14-4-2-1-3-12(13)14/h1-4,9-11,16,18H,5-8H2,(H,17,19). The van der Waals surface area contributed by atoms with Gasteiger partial charge in [0.05, 0.1) is 11.7 Å². The van der Waals surface area contributed by atoms with E-state index in [1.54, 1.807) is 6.20 Å². The fraction of sp³-hybridized carbons (Fsp3) is 0.400. The summed E-state index contributed by atoms with van der Waals surface area (Å²) >= 11 is 0. The molecule has 3 N–H and O–H groups in total. The highest BCUT2D eigenvalue weighted by Gasteiger charge is 2.23. The molecule has 1 aromatic heterocycles. The van der Waals surface area contributed by atoms with Gasteiger partial charge >= 0.3 is 0 Å². The van der Waals surface area contributed by atoms with Gasteiger partial charge in [0.2, 0.25) is 0 Å². The molecule has 0 spiro atoms. The van der Waals surface area contributed by atoms with Crippen LogP contribution < -0.4 is 5.32 Å². The van der Waals surface area contributed by atoms with Gasteiger partial charge in [0.25, 0.3) is 5.91 Å². The van der Waals surface area contributed by atoms with Crippen LogP contribution in [0.15, 0.2) is 30.5 Å². The molecular formula is C15H18N2O2. The number of hydrogen-bond acceptors (Lipinski definition) is 2. The molecule has 1 saturated carbocycles. The number of aromatic amines is 1. The highest BCUT2D eigenvalue weighted by molar-refractivity contribution is 6.06. The number of aliphatic hydroxyl groups is 1. The van der Waals surface area contributed by atoms with Gasteiger partial charge in [-0.2, -0.15) is 0 Å². The molecule has 0 radical (unpaired) electrons. The van der Waals surface area contributed by atoms with Crippen LogP contribution >= 0.6 is 0 Å². The van der Waals surface area contributed by atoms with Crippen molar-refractivity contribution in [3.63, 3.8) is 0 Å². The molecule has 1 amide bonds. The molecule has 0 aliphatic heterocycles. The lowest BCUT2D eigenvalue weighted by Crippen LogP contribution is -2.28. The molecule has 1 aliphatic carbocycles. The third kappa shape index (κ3) is 2.49. The number of benzene rings is 1. The van der Waals surface area contributed by atoms with Gasteiger partial charge in [-0.1, -0.05) is 18.2 Å². The van der Waals surface area contributed by atoms with Gasteiger partial charge in [-0.25, -0.2) is 0 Å². The topological polar surface area (TPSA) is 65.1 Å². The highest BCUT2D eigenvalue weighted by atomic mass is 16.3. The first kappa shape index (κ1) is 12.2. The van der Waals surface area contributed by atoms with Crippen LogP contribution in [0.5, 0.6) is 0 Å². The summed E-state index contributed by atoms with van der Waals surface area (Å²) in [6, 6.07) is 7.78. The maximum atomic E-state index is 12.2. The van der Waals surface area contributed by atoms with Gasteiger partial charge in [0.15, 0.2) is 0 Å². The summed E-state index contributed by atoms with van der Waals surface area (Å²) in [6.07, 6.45) is 4.22. The third-order valence-corrected chi connectivity index (χ3v) is 3.90. The van der Waals surface area contributed by atoms with Crippen molar-refractivity contribution in [1.82, 2.24) is 10.3 Å². The van der Waals surface area contributed by atoms with Gasteiger partial charge in [-0.05, 0) is 31.2 Å². The Balaban J connectivity index is 1.67. The number of fused-ring (bicyclic) bond motifs is 1. The number of H-pyrrole nitrogens is 1. The van der Waals surface area contributed by atoms with Crippen LogP contribution in [0.2, 0.25) is 0 Å². The predicted octanol–water partition coefficient (Wildman–Crippen LogP) is 2.06. The Morgan fingerprint density at radius 3 is 3.00 bits per heavy atom. The first-order valence-electron chi connectivity index (χ1n) is 6.76. The van der Waals surface area contributed by atoms with Crippen LogP contribution in [-0.2, 0) is 0 Å². The van der Waals surface area contributed by atoms with E-state index in [1.807, 2.05) is 24.3 Å². The third-order valence-electron chi connectivity index (χ3n) is 3.90. The Kier molecular flexibility index (Phi) is 3.25. The molecule has 2 unspecified atom stereocenters. The normalized spacial score (nSPS) is 22.8. The molecule has 2 atom stereocenters. The van der Waals surface area contributed by atoms with Gasteiger partial charge in [0.1, 0.15) is 0 Å². The summed E-state index contributed by atoms with van der Waals surface area (Å²) < 4.78 is 0. The van der Waals surface area contributed by atoms with Crippen LogP contribution in [0, 0.1) is 5.92 Å². The van der Waals surface area contributed by atoms with E-state index in [9.17, 15) is 9.90 Å². The molecular weight excluding hydrogens is 240 g/mol. The molecule has 1 aliphatic rings. The summed E-state index contributed by atoms with van der Waals surface area (Å²) in [7, 11) is 0. The van der Waals surface area contributed by atoms with E-state index in [1.165, 1.54) is 0 Å². The molecule has 100 valence electrons. The highest BCUT2D eigenvalue weighted by Crippen LogP contribution is 2.25. The summed E-state index contributed by atoms with van der Waals surface area (Å²) in [4.78, 5) is 15.3. The Morgan fingerprint density at radius 2 is 2.21 bits per heavy atom. The van der Waals surface area contributed by atoms with E-state index in [-0.39, 0.29) is 12.0 Å². The average molecular weight is 258 g/mol. The van der Waals surface area contributed by atoms with Crippen LogP contribution in [0.3, 0.4) is 0 Å². The van der Waals surface area contributed by atoms with Crippen molar-refractivity contribution in [2.45, 2.75) is 25.4 Å². The zero-order chi connectivity index (χ0) is 13.2. The quantitative estimate of drug-likeness (QED) is 0.789. The minimum absolute atomic E-state index is 0.0427. The number of rotatable bonds is 3. The lowest BCUT2D eigenvalue weighted by atomic mass is 10.1. The van der Waals surface area contributed by atoms with Crippen molar-refractivity contribution < 1.29 is 9.90 Å². The van der Waals surface area contributed by atoms with Gasteiger partial charge < -0.3 is 15.4 Å². The minimum atomic E-state index is -0.185. The molecule has 1 aromatic carbocycles. The summed E-state index contributed by atoms with van der Waals surface area (Å²) in [5.41, 5.74) is 1.66. The Morgan fingerprint density at radius 1 is 1.37 bits per heavy atom. The number of aliphatic hydroxyl groups excluding tert-OH is 1. The van der Waals surface area contributed by atoms with Crippen LogP contribution in [0.25, 0.3) is 10.9 Å². The Hall–Kier alpha value is -1.81. The molecule has 0 bridgehead atoms. The van der Waals surface area contributed by atoms with Crippen molar-refractivity contribution in [2.75, 3.05) is 6.54 Å². The van der Waals surface area contributed by atoms with Gasteiger partial charge in [0, 0.05) is 23.6 Å². The second-order valence-electron chi connectivity index (χ2n) is 5.29. The van der Waals surface area contributed by atoms with E-state index in [0.29, 0.717) is 18.0 Å². The van der Waals surface area contributed by atoms with Crippen molar-refractivity contribution >= 4 is 16.8 Å². The molecule has 1 heterocycles. The zero-order valence-corrected chi connectivity index (χ0v) is 10.7. The van der Waals surface area contributed by atoms with E-state index >= 15 is 0 Å². The van der Waals surface area contributed by atoms with Gasteiger partial charge in [-0.15, -0.1) is 0 Å². The maximum absolute atomic E-state index is 12.2. The smallest absolute Gasteiger partial charge is 0.253 e. The second-order valence-corrected chi connectivity index (χ2v) is 5.29. The Bertz CT molecular complexity index is 591. The summed E-state index contributed by atoms with van der Waals surface area (Å²) in [6.45, 7) is 0.648. The summed E-state index contributed by atoms with van der Waals surface area (Å²) in [5.74, 6) is 0.364. The molecule has 3 rings (SSSR count). The minimum Gasteiger partial charge on any atom is -0.393 e. The Labute approximate surface area is 111 Å². The van der Waals surface area contributed by atoms with Crippen molar-refractivity contribution in [1.29, 1.82) is 0 Å². The van der Waals surface area contributed by atoms with Crippen LogP contribution in [0.4, 0.5) is 0 Å². The zero-order valence-electron chi connectivity index (χ0n) is 10.7. The largest absolute Gasteiger partial charge is 0.393 e. The second kappa shape index (κ2) is 5.05. The number of amides is 1. The number of carbonyl (C=O) groups excluding carboxylic acids is 1. The number of hydrogen-bond donors (Lipinski definition) is 3. The van der Waals surface area contributed by atoms with Crippen LogP contribution in [0.1, 0.15) is 29.6 Å². The molecule has 2 aromatic rings. The molecule has 19 heavy (non-hydrogen) atoms. The van der Waals surface area contributed by atoms with E-state index in [4.69, 9.17) is 0 Å². The van der Waals surface area contributed by atoms with E-state index in [0.717, 1.165) is 30.2 Å². The summed E-state index contributed by atoms with van der Waals surface area (Å²) in [5, 5.41) is 13.4. The van der Waals surface area contributed by atoms with Gasteiger partial charge in [-0.3, -0.25) is 4.79 Å². The predicted molar refractivity (Wildman–Crippen MR) is 74.0 cm³/mol. The first-order valence-corrected chi connectivity index (χ1v) is 6.76. The van der Waals surface area contributed by atoms with E-state index < -0.39 is 0 Å². The maximum Gasteiger partial charge on any atom is 0.253 e. The van der Waals surface area contributed by atoms with Crippen molar-refractivity contribution in [3.8, 4) is 0 Å². The number of nitrogens with one attached hydrogen (secondary N) is 2. The number of carbonyl (C=O) groups is 1. The molecule has 0 saturated heterocycles. The van der Waals surface area contributed by atoms with Crippen molar-refractivity contribution in [3.05, 3.63) is 36.0 Å². The van der Waals surface area contributed by atoms with E-state index in [2.05, 4.69) is 10.3 Å². The molecule has 4 nitrogen and oxygen atoms in total. The lowest BCUT2D eigenvalue weighted by molar-refractivity contribution is 0.0947. The average Bonchev–Trinajstić information content (AvgIpc) is 3.02. The SMILES string of the molecule is O=C(NCC1CCC(O)C1)c1c[nH]c2ccccc12. The number of para-hydroxylation sites is 1. The van der Waals surface area contributed by atoms with Crippen molar-refractivity contribution in [2.24, 2.45) is 5.92 Å². The molecule has 4 heteroatoms. The van der Waals surface area contributed by atoms with Crippen LogP contribution in [-0.4, -0.2) is 28.6 Å². The number of aromatic nitrogens is 1. The fourth-order valence-corrected chi connectivity index (χ4v) is 2.83. The fourth-order valence-electron chi connectivity index (χ4n) is 2.83. The monoisotopic (exact) mass is 258 g/mol. The lowest BCUT2D eigenvalue weighted by Gasteiger charge is -2.10. The molecule has 1 fully saturated rings.